The van der Waals surface area contributed by atoms with Crippen LogP contribution in [0.3, 0.4) is 0 Å². The van der Waals surface area contributed by atoms with Crippen molar-refractivity contribution >= 4 is 35.5 Å². The Bertz CT molecular complexity index is 586. The van der Waals surface area contributed by atoms with E-state index < -0.39 is 36.8 Å². The summed E-state index contributed by atoms with van der Waals surface area (Å²) in [4.78, 5) is 33.6. The minimum absolute atomic E-state index is 0.127. The van der Waals surface area contributed by atoms with Gasteiger partial charge in [0.15, 0.2) is 0 Å². The summed E-state index contributed by atoms with van der Waals surface area (Å²) in [6.07, 6.45) is 2.28. The quantitative estimate of drug-likeness (QED) is 0.776. The van der Waals surface area contributed by atoms with Gasteiger partial charge in [-0.15, -0.1) is 0 Å². The molecular formula is C13H11ClFNO5. The van der Waals surface area contributed by atoms with E-state index in [4.69, 9.17) is 21.8 Å². The largest absolute Gasteiger partial charge is 0.480 e. The Morgan fingerprint density at radius 3 is 2.24 bits per heavy atom. The second-order valence-electron chi connectivity index (χ2n) is 3.99. The standard InChI is InChI=1S/C13H11ClFNO5/c14-9-5-8(1-3-10(9)15)2-4-11(17)16(6-12(18)19)7-13(20)21/h1-5H,6-7H2,(H,18,19)(H,20,21). The van der Waals surface area contributed by atoms with E-state index in [-0.39, 0.29) is 5.02 Å². The van der Waals surface area contributed by atoms with Crippen molar-refractivity contribution in [2.45, 2.75) is 0 Å². The molecule has 0 fully saturated rings. The third kappa shape index (κ3) is 5.62. The predicted molar refractivity (Wildman–Crippen MR) is 72.3 cm³/mol. The van der Waals surface area contributed by atoms with E-state index >= 15 is 0 Å². The predicted octanol–water partition coefficient (Wildman–Crippen LogP) is 1.49. The molecule has 112 valence electrons. The van der Waals surface area contributed by atoms with Crippen molar-refractivity contribution in [2.75, 3.05) is 13.1 Å². The highest BCUT2D eigenvalue weighted by Crippen LogP contribution is 2.16. The number of rotatable bonds is 6. The summed E-state index contributed by atoms with van der Waals surface area (Å²) in [5.41, 5.74) is 0.417. The van der Waals surface area contributed by atoms with Gasteiger partial charge in [-0.25, -0.2) is 4.39 Å². The molecule has 1 aromatic carbocycles. The summed E-state index contributed by atoms with van der Waals surface area (Å²) in [7, 11) is 0. The molecule has 1 amide bonds. The first-order chi connectivity index (χ1) is 9.79. The Morgan fingerprint density at radius 1 is 1.19 bits per heavy atom. The summed E-state index contributed by atoms with van der Waals surface area (Å²) in [5, 5.41) is 17.1. The Kier molecular flexibility index (Phi) is 5.86. The average molecular weight is 316 g/mol. The SMILES string of the molecule is O=C(O)CN(CC(=O)O)C(=O)C=Cc1ccc(F)c(Cl)c1. The minimum Gasteiger partial charge on any atom is -0.480 e. The van der Waals surface area contributed by atoms with Crippen molar-refractivity contribution in [3.05, 3.63) is 40.7 Å². The molecule has 21 heavy (non-hydrogen) atoms. The molecule has 0 aliphatic carbocycles. The molecule has 6 nitrogen and oxygen atoms in total. The first-order valence-corrected chi connectivity index (χ1v) is 6.03. The molecule has 1 rings (SSSR count). The van der Waals surface area contributed by atoms with Gasteiger partial charge in [0, 0.05) is 6.08 Å². The maximum Gasteiger partial charge on any atom is 0.323 e. The number of benzene rings is 1. The maximum atomic E-state index is 13.0. The van der Waals surface area contributed by atoms with Crippen LogP contribution in [0.2, 0.25) is 5.02 Å². The van der Waals surface area contributed by atoms with Crippen LogP contribution in [-0.2, 0) is 14.4 Å². The van der Waals surface area contributed by atoms with Crippen molar-refractivity contribution < 1.29 is 29.0 Å². The van der Waals surface area contributed by atoms with Crippen LogP contribution in [0.15, 0.2) is 24.3 Å². The zero-order valence-corrected chi connectivity index (χ0v) is 11.4. The molecule has 0 unspecified atom stereocenters. The van der Waals surface area contributed by atoms with Crippen LogP contribution in [0, 0.1) is 5.82 Å². The molecule has 0 bridgehead atoms. The minimum atomic E-state index is -1.33. The van der Waals surface area contributed by atoms with E-state index in [1.807, 2.05) is 0 Å². The van der Waals surface area contributed by atoms with Gasteiger partial charge >= 0.3 is 11.9 Å². The van der Waals surface area contributed by atoms with E-state index in [0.717, 1.165) is 12.1 Å². The van der Waals surface area contributed by atoms with Gasteiger partial charge in [0.25, 0.3) is 0 Å². The maximum absolute atomic E-state index is 13.0. The van der Waals surface area contributed by atoms with Gasteiger partial charge in [-0.1, -0.05) is 17.7 Å². The van der Waals surface area contributed by atoms with Crippen LogP contribution >= 0.6 is 11.6 Å². The molecular weight excluding hydrogens is 305 g/mol. The van der Waals surface area contributed by atoms with E-state index in [1.54, 1.807) is 0 Å². The van der Waals surface area contributed by atoms with Gasteiger partial charge in [0.2, 0.25) is 5.91 Å². The molecule has 0 atom stereocenters. The summed E-state index contributed by atoms with van der Waals surface area (Å²) >= 11 is 5.57. The molecule has 0 aliphatic rings. The van der Waals surface area contributed by atoms with Gasteiger partial charge in [0.1, 0.15) is 18.9 Å². The first-order valence-electron chi connectivity index (χ1n) is 5.65. The fraction of sp³-hybridized carbons (Fsp3) is 0.154. The number of carbonyl (C=O) groups is 3. The molecule has 0 saturated carbocycles. The molecule has 2 N–H and O–H groups in total. The first kappa shape index (κ1) is 16.6. The van der Waals surface area contributed by atoms with Crippen LogP contribution in [0.4, 0.5) is 4.39 Å². The van der Waals surface area contributed by atoms with E-state index in [1.165, 1.54) is 18.2 Å². The second kappa shape index (κ2) is 7.39. The van der Waals surface area contributed by atoms with Crippen molar-refractivity contribution in [3.63, 3.8) is 0 Å². The number of halogens is 2. The number of carboxylic acid groups (broad SMARTS) is 2. The Morgan fingerprint density at radius 2 is 1.76 bits per heavy atom. The van der Waals surface area contributed by atoms with Crippen LogP contribution in [0.5, 0.6) is 0 Å². The molecule has 0 aromatic heterocycles. The zero-order valence-electron chi connectivity index (χ0n) is 10.6. The monoisotopic (exact) mass is 315 g/mol. The molecule has 0 heterocycles. The topological polar surface area (TPSA) is 94.9 Å². The molecule has 0 aliphatic heterocycles. The lowest BCUT2D eigenvalue weighted by Crippen LogP contribution is -2.38. The van der Waals surface area contributed by atoms with Gasteiger partial charge in [0.05, 0.1) is 5.02 Å². The van der Waals surface area contributed by atoms with Crippen molar-refractivity contribution in [3.8, 4) is 0 Å². The molecule has 0 spiro atoms. The summed E-state index contributed by atoms with van der Waals surface area (Å²) in [6, 6.07) is 3.75. The molecule has 0 saturated heterocycles. The Hall–Kier alpha value is -2.41. The zero-order chi connectivity index (χ0) is 16.0. The average Bonchev–Trinajstić information content (AvgIpc) is 2.38. The van der Waals surface area contributed by atoms with E-state index in [2.05, 4.69) is 0 Å². The summed E-state index contributed by atoms with van der Waals surface area (Å²) in [6.45, 7) is -1.47. The molecule has 0 radical (unpaired) electrons. The number of hydrogen-bond donors (Lipinski definition) is 2. The van der Waals surface area contributed by atoms with Crippen LogP contribution in [0.1, 0.15) is 5.56 Å². The van der Waals surface area contributed by atoms with Crippen LogP contribution < -0.4 is 0 Å². The van der Waals surface area contributed by atoms with Crippen LogP contribution in [-0.4, -0.2) is 46.0 Å². The second-order valence-corrected chi connectivity index (χ2v) is 4.40. The van der Waals surface area contributed by atoms with Gasteiger partial charge < -0.3 is 15.1 Å². The smallest absolute Gasteiger partial charge is 0.323 e. The lowest BCUT2D eigenvalue weighted by molar-refractivity contribution is -0.147. The van der Waals surface area contributed by atoms with E-state index in [9.17, 15) is 18.8 Å². The van der Waals surface area contributed by atoms with Crippen molar-refractivity contribution in [1.82, 2.24) is 4.90 Å². The Labute approximate surface area is 124 Å². The third-order valence-corrected chi connectivity index (χ3v) is 2.62. The fourth-order valence-electron chi connectivity index (χ4n) is 1.43. The third-order valence-electron chi connectivity index (χ3n) is 2.33. The molecule has 8 heteroatoms. The number of hydrogen-bond acceptors (Lipinski definition) is 3. The number of carboxylic acids is 2. The summed E-state index contributed by atoms with van der Waals surface area (Å²) in [5.74, 6) is -4.07. The molecule has 1 aromatic rings. The van der Waals surface area contributed by atoms with Crippen molar-refractivity contribution in [2.24, 2.45) is 0 Å². The van der Waals surface area contributed by atoms with Gasteiger partial charge in [-0.3, -0.25) is 14.4 Å². The van der Waals surface area contributed by atoms with E-state index in [0.29, 0.717) is 10.5 Å². The lowest BCUT2D eigenvalue weighted by Gasteiger charge is -2.16. The van der Waals surface area contributed by atoms with Crippen LogP contribution in [0.25, 0.3) is 6.08 Å². The number of amides is 1. The lowest BCUT2D eigenvalue weighted by atomic mass is 10.2. The highest BCUT2D eigenvalue weighted by Gasteiger charge is 2.17. The summed E-state index contributed by atoms with van der Waals surface area (Å²) < 4.78 is 13.0. The highest BCUT2D eigenvalue weighted by molar-refractivity contribution is 6.30. The van der Waals surface area contributed by atoms with Gasteiger partial charge in [-0.05, 0) is 23.8 Å². The fourth-order valence-corrected chi connectivity index (χ4v) is 1.62. The van der Waals surface area contributed by atoms with Crippen molar-refractivity contribution in [1.29, 1.82) is 0 Å². The number of nitrogens with zero attached hydrogens (tertiary/aromatic N) is 1. The van der Waals surface area contributed by atoms with Gasteiger partial charge in [-0.2, -0.15) is 0 Å². The Balaban J connectivity index is 2.83. The number of aliphatic carboxylic acids is 2. The highest BCUT2D eigenvalue weighted by atomic mass is 35.5. The number of carbonyl (C=O) groups excluding carboxylic acids is 1. The normalized spacial score (nSPS) is 10.6.